The fourth-order valence-electron chi connectivity index (χ4n) is 1.90. The topological polar surface area (TPSA) is 21.3 Å². The molecule has 1 heterocycles. The van der Waals surface area contributed by atoms with Crippen LogP contribution in [-0.4, -0.2) is 25.3 Å². The number of hydrogen-bond acceptors (Lipinski definition) is 2. The lowest BCUT2D eigenvalue weighted by molar-refractivity contribution is 0.0432. The highest BCUT2D eigenvalue weighted by molar-refractivity contribution is 4.73. The van der Waals surface area contributed by atoms with Crippen LogP contribution in [-0.2, 0) is 4.74 Å². The minimum Gasteiger partial charge on any atom is -0.378 e. The first-order chi connectivity index (χ1) is 6.36. The van der Waals surface area contributed by atoms with Crippen LogP contribution < -0.4 is 5.32 Å². The Bertz CT molecular complexity index is 115. The van der Waals surface area contributed by atoms with Gasteiger partial charge in [0.05, 0.1) is 6.10 Å². The number of rotatable bonds is 6. The van der Waals surface area contributed by atoms with Crippen LogP contribution in [0.15, 0.2) is 0 Å². The number of ether oxygens (including phenoxy) is 1. The van der Waals surface area contributed by atoms with Crippen molar-refractivity contribution >= 4 is 0 Å². The summed E-state index contributed by atoms with van der Waals surface area (Å²) in [5, 5.41) is 3.49. The van der Waals surface area contributed by atoms with Crippen molar-refractivity contribution in [1.29, 1.82) is 0 Å². The fraction of sp³-hybridized carbons (Fsp3) is 1.00. The molecule has 1 rings (SSSR count). The van der Waals surface area contributed by atoms with Gasteiger partial charge in [-0.25, -0.2) is 0 Å². The molecule has 0 saturated carbocycles. The SMILES string of the molecule is CCC(CC)OCCC1CCCN1. The van der Waals surface area contributed by atoms with Crippen molar-refractivity contribution in [3.05, 3.63) is 0 Å². The van der Waals surface area contributed by atoms with Gasteiger partial charge in [0, 0.05) is 12.6 Å². The highest BCUT2D eigenvalue weighted by Crippen LogP contribution is 2.10. The normalized spacial score (nSPS) is 22.8. The summed E-state index contributed by atoms with van der Waals surface area (Å²) in [5.74, 6) is 0. The maximum atomic E-state index is 5.76. The van der Waals surface area contributed by atoms with Gasteiger partial charge in [-0.3, -0.25) is 0 Å². The summed E-state index contributed by atoms with van der Waals surface area (Å²) in [4.78, 5) is 0. The predicted molar refractivity (Wildman–Crippen MR) is 56.0 cm³/mol. The van der Waals surface area contributed by atoms with Gasteiger partial charge in [0.2, 0.25) is 0 Å². The molecule has 0 amide bonds. The van der Waals surface area contributed by atoms with Gasteiger partial charge in [-0.05, 0) is 38.6 Å². The van der Waals surface area contributed by atoms with Crippen LogP contribution in [0.3, 0.4) is 0 Å². The predicted octanol–water partition coefficient (Wildman–Crippen LogP) is 2.33. The third-order valence-corrected chi connectivity index (χ3v) is 2.89. The van der Waals surface area contributed by atoms with E-state index < -0.39 is 0 Å². The van der Waals surface area contributed by atoms with Crippen LogP contribution in [0.1, 0.15) is 46.0 Å². The van der Waals surface area contributed by atoms with Crippen molar-refractivity contribution in [2.75, 3.05) is 13.2 Å². The Morgan fingerprint density at radius 1 is 1.38 bits per heavy atom. The Kier molecular flexibility index (Phi) is 5.40. The quantitative estimate of drug-likeness (QED) is 0.686. The van der Waals surface area contributed by atoms with Crippen LogP contribution in [0.4, 0.5) is 0 Å². The lowest BCUT2D eigenvalue weighted by atomic mass is 10.1. The second-order valence-corrected chi connectivity index (χ2v) is 3.89. The molecule has 1 unspecified atom stereocenters. The molecule has 0 spiro atoms. The first-order valence-corrected chi connectivity index (χ1v) is 5.71. The van der Waals surface area contributed by atoms with Crippen LogP contribution >= 0.6 is 0 Å². The maximum Gasteiger partial charge on any atom is 0.0569 e. The van der Waals surface area contributed by atoms with Crippen LogP contribution in [0.5, 0.6) is 0 Å². The minimum absolute atomic E-state index is 0.487. The Morgan fingerprint density at radius 2 is 2.15 bits per heavy atom. The summed E-state index contributed by atoms with van der Waals surface area (Å²) in [6, 6.07) is 0.731. The van der Waals surface area contributed by atoms with Crippen molar-refractivity contribution in [2.45, 2.75) is 58.1 Å². The number of hydrogen-bond donors (Lipinski definition) is 1. The van der Waals surface area contributed by atoms with E-state index in [1.165, 1.54) is 25.8 Å². The molecular formula is C11H23NO. The maximum absolute atomic E-state index is 5.76. The molecule has 1 N–H and O–H groups in total. The molecule has 1 aliphatic rings. The molecule has 1 aliphatic heterocycles. The highest BCUT2D eigenvalue weighted by atomic mass is 16.5. The Balaban J connectivity index is 1.98. The van der Waals surface area contributed by atoms with Gasteiger partial charge in [-0.1, -0.05) is 13.8 Å². The monoisotopic (exact) mass is 185 g/mol. The second-order valence-electron chi connectivity index (χ2n) is 3.89. The smallest absolute Gasteiger partial charge is 0.0569 e. The summed E-state index contributed by atoms with van der Waals surface area (Å²) in [6.45, 7) is 6.53. The summed E-state index contributed by atoms with van der Waals surface area (Å²) in [7, 11) is 0. The van der Waals surface area contributed by atoms with Crippen molar-refractivity contribution in [1.82, 2.24) is 5.32 Å². The van der Waals surface area contributed by atoms with Gasteiger partial charge in [-0.2, -0.15) is 0 Å². The van der Waals surface area contributed by atoms with Gasteiger partial charge < -0.3 is 10.1 Å². The van der Waals surface area contributed by atoms with Gasteiger partial charge in [0.1, 0.15) is 0 Å². The molecule has 0 aromatic rings. The molecule has 2 nitrogen and oxygen atoms in total. The van der Waals surface area contributed by atoms with E-state index in [9.17, 15) is 0 Å². The standard InChI is InChI=1S/C11H23NO/c1-3-11(4-2)13-9-7-10-6-5-8-12-10/h10-12H,3-9H2,1-2H3. The van der Waals surface area contributed by atoms with Gasteiger partial charge in [-0.15, -0.1) is 0 Å². The third-order valence-electron chi connectivity index (χ3n) is 2.89. The molecule has 78 valence electrons. The molecule has 1 saturated heterocycles. The molecule has 0 bridgehead atoms. The molecule has 0 aromatic carbocycles. The molecular weight excluding hydrogens is 162 g/mol. The van der Waals surface area contributed by atoms with Crippen molar-refractivity contribution in [2.24, 2.45) is 0 Å². The summed E-state index contributed by atoms with van der Waals surface area (Å²) in [6.07, 6.45) is 6.66. The third kappa shape index (κ3) is 4.10. The van der Waals surface area contributed by atoms with E-state index >= 15 is 0 Å². The zero-order valence-corrected chi connectivity index (χ0v) is 9.01. The van der Waals surface area contributed by atoms with Gasteiger partial charge in [0.15, 0.2) is 0 Å². The van der Waals surface area contributed by atoms with E-state index in [1.807, 2.05) is 0 Å². The van der Waals surface area contributed by atoms with Crippen molar-refractivity contribution < 1.29 is 4.74 Å². The van der Waals surface area contributed by atoms with E-state index in [-0.39, 0.29) is 0 Å². The van der Waals surface area contributed by atoms with E-state index in [0.717, 1.165) is 25.5 Å². The minimum atomic E-state index is 0.487. The largest absolute Gasteiger partial charge is 0.378 e. The molecule has 1 fully saturated rings. The summed E-state index contributed by atoms with van der Waals surface area (Å²) < 4.78 is 5.76. The Labute approximate surface area is 82.0 Å². The zero-order chi connectivity index (χ0) is 9.52. The Morgan fingerprint density at radius 3 is 2.69 bits per heavy atom. The number of nitrogens with one attached hydrogen (secondary N) is 1. The zero-order valence-electron chi connectivity index (χ0n) is 9.01. The van der Waals surface area contributed by atoms with Crippen LogP contribution in [0, 0.1) is 0 Å². The molecule has 0 aromatic heterocycles. The highest BCUT2D eigenvalue weighted by Gasteiger charge is 2.13. The van der Waals surface area contributed by atoms with Crippen LogP contribution in [0.2, 0.25) is 0 Å². The van der Waals surface area contributed by atoms with E-state index in [2.05, 4.69) is 19.2 Å². The lowest BCUT2D eigenvalue weighted by Gasteiger charge is -2.15. The average molecular weight is 185 g/mol. The van der Waals surface area contributed by atoms with E-state index in [0.29, 0.717) is 6.10 Å². The fourth-order valence-corrected chi connectivity index (χ4v) is 1.90. The second kappa shape index (κ2) is 6.39. The lowest BCUT2D eigenvalue weighted by Crippen LogP contribution is -2.24. The van der Waals surface area contributed by atoms with E-state index in [1.54, 1.807) is 0 Å². The molecule has 0 radical (unpaired) electrons. The molecule has 13 heavy (non-hydrogen) atoms. The van der Waals surface area contributed by atoms with Crippen molar-refractivity contribution in [3.8, 4) is 0 Å². The van der Waals surface area contributed by atoms with Crippen molar-refractivity contribution in [3.63, 3.8) is 0 Å². The first kappa shape index (κ1) is 11.0. The van der Waals surface area contributed by atoms with Gasteiger partial charge >= 0.3 is 0 Å². The average Bonchev–Trinajstić information content (AvgIpc) is 2.65. The first-order valence-electron chi connectivity index (χ1n) is 5.71. The molecule has 2 heteroatoms. The summed E-state index contributed by atoms with van der Waals surface area (Å²) >= 11 is 0. The van der Waals surface area contributed by atoms with Crippen LogP contribution in [0.25, 0.3) is 0 Å². The molecule has 1 atom stereocenters. The van der Waals surface area contributed by atoms with Gasteiger partial charge in [0.25, 0.3) is 0 Å². The Hall–Kier alpha value is -0.0800. The molecule has 0 aliphatic carbocycles. The van der Waals surface area contributed by atoms with E-state index in [4.69, 9.17) is 4.74 Å². The summed E-state index contributed by atoms with van der Waals surface area (Å²) in [5.41, 5.74) is 0.